The van der Waals surface area contributed by atoms with Crippen LogP contribution >= 0.6 is 0 Å². The van der Waals surface area contributed by atoms with Crippen LogP contribution in [-0.4, -0.2) is 38.0 Å². The maximum absolute atomic E-state index is 9.22. The lowest BCUT2D eigenvalue weighted by atomic mass is 10.1. The zero-order valence-corrected chi connectivity index (χ0v) is 9.99. The van der Waals surface area contributed by atoms with E-state index < -0.39 is 5.54 Å². The van der Waals surface area contributed by atoms with Gasteiger partial charge in [-0.2, -0.15) is 0 Å². The van der Waals surface area contributed by atoms with Gasteiger partial charge in [0, 0.05) is 0 Å². The van der Waals surface area contributed by atoms with E-state index in [-0.39, 0.29) is 6.61 Å². The number of rotatable bonds is 6. The zero-order chi connectivity index (χ0) is 12.0. The molecule has 0 aliphatic heterocycles. The summed E-state index contributed by atoms with van der Waals surface area (Å²) in [5, 5.41) is 12.2. The van der Waals surface area contributed by atoms with E-state index in [1.165, 1.54) is 0 Å². The Hall–Kier alpha value is -1.26. The summed E-state index contributed by atoms with van der Waals surface area (Å²) in [5.41, 5.74) is -0.444. The quantitative estimate of drug-likeness (QED) is 0.759. The predicted octanol–water partition coefficient (Wildman–Crippen LogP) is 1.04. The molecular weight excluding hydrogens is 206 g/mol. The number of methoxy groups -OCH3 is 1. The van der Waals surface area contributed by atoms with Gasteiger partial charge in [0.15, 0.2) is 11.5 Å². The first-order chi connectivity index (χ1) is 7.65. The highest BCUT2D eigenvalue weighted by atomic mass is 16.5. The van der Waals surface area contributed by atoms with Gasteiger partial charge in [-0.1, -0.05) is 12.1 Å². The summed E-state index contributed by atoms with van der Waals surface area (Å²) in [4.78, 5) is 0. The number of likely N-dealkylation sites (N-methyl/N-ethyl adjacent to an activating group) is 1. The van der Waals surface area contributed by atoms with Crippen LogP contribution in [0, 0.1) is 0 Å². The summed E-state index contributed by atoms with van der Waals surface area (Å²) in [7, 11) is 3.40. The van der Waals surface area contributed by atoms with Crippen molar-refractivity contribution in [3.05, 3.63) is 24.3 Å². The first kappa shape index (κ1) is 12.8. The molecule has 4 nitrogen and oxygen atoms in total. The van der Waals surface area contributed by atoms with Crippen LogP contribution in [0.15, 0.2) is 24.3 Å². The second-order valence-electron chi connectivity index (χ2n) is 3.91. The van der Waals surface area contributed by atoms with E-state index in [0.29, 0.717) is 18.1 Å². The van der Waals surface area contributed by atoms with E-state index >= 15 is 0 Å². The van der Waals surface area contributed by atoms with Crippen LogP contribution in [0.25, 0.3) is 0 Å². The number of para-hydroxylation sites is 2. The van der Waals surface area contributed by atoms with E-state index in [0.717, 1.165) is 0 Å². The highest BCUT2D eigenvalue weighted by Gasteiger charge is 2.22. The van der Waals surface area contributed by atoms with Gasteiger partial charge in [0.1, 0.15) is 6.61 Å². The van der Waals surface area contributed by atoms with Gasteiger partial charge in [0.2, 0.25) is 0 Å². The molecule has 0 saturated carbocycles. The van der Waals surface area contributed by atoms with Crippen LogP contribution < -0.4 is 14.8 Å². The van der Waals surface area contributed by atoms with Gasteiger partial charge < -0.3 is 19.9 Å². The summed E-state index contributed by atoms with van der Waals surface area (Å²) in [6.07, 6.45) is 0. The molecule has 0 spiro atoms. The van der Waals surface area contributed by atoms with Gasteiger partial charge in [0.25, 0.3) is 0 Å². The standard InChI is InChI=1S/C12H19NO3/c1-12(8-14,13-2)9-16-11-7-5-4-6-10(11)15-3/h4-7,13-14H,8-9H2,1-3H3. The van der Waals surface area contributed by atoms with Crippen LogP contribution in [0.4, 0.5) is 0 Å². The summed E-state index contributed by atoms with van der Waals surface area (Å²) in [6, 6.07) is 7.44. The lowest BCUT2D eigenvalue weighted by Crippen LogP contribution is -2.48. The fourth-order valence-corrected chi connectivity index (χ4v) is 1.17. The number of aliphatic hydroxyl groups is 1. The molecule has 0 fully saturated rings. The van der Waals surface area contributed by atoms with Gasteiger partial charge in [0.05, 0.1) is 19.3 Å². The molecule has 16 heavy (non-hydrogen) atoms. The average Bonchev–Trinajstić information content (AvgIpc) is 2.36. The maximum Gasteiger partial charge on any atom is 0.161 e. The van der Waals surface area contributed by atoms with Gasteiger partial charge in [-0.25, -0.2) is 0 Å². The third-order valence-corrected chi connectivity index (χ3v) is 2.57. The molecule has 1 aromatic carbocycles. The van der Waals surface area contributed by atoms with Crippen LogP contribution in [0.2, 0.25) is 0 Å². The normalized spacial score (nSPS) is 14.2. The van der Waals surface area contributed by atoms with Crippen LogP contribution in [0.1, 0.15) is 6.92 Å². The summed E-state index contributed by atoms with van der Waals surface area (Å²) < 4.78 is 10.8. The van der Waals surface area contributed by atoms with E-state index in [4.69, 9.17) is 9.47 Å². The van der Waals surface area contributed by atoms with Crippen LogP contribution in [0.5, 0.6) is 11.5 Å². The van der Waals surface area contributed by atoms with Crippen molar-refractivity contribution in [3.63, 3.8) is 0 Å². The lowest BCUT2D eigenvalue weighted by Gasteiger charge is -2.26. The number of benzene rings is 1. The first-order valence-corrected chi connectivity index (χ1v) is 5.21. The fourth-order valence-electron chi connectivity index (χ4n) is 1.17. The number of nitrogens with one attached hydrogen (secondary N) is 1. The van der Waals surface area contributed by atoms with Crippen molar-refractivity contribution in [2.24, 2.45) is 0 Å². The smallest absolute Gasteiger partial charge is 0.161 e. The van der Waals surface area contributed by atoms with Crippen molar-refractivity contribution in [3.8, 4) is 11.5 Å². The van der Waals surface area contributed by atoms with E-state index in [1.54, 1.807) is 14.2 Å². The molecule has 0 aliphatic carbocycles. The van der Waals surface area contributed by atoms with Gasteiger partial charge in [-0.3, -0.25) is 0 Å². The molecule has 1 aromatic rings. The Morgan fingerprint density at radius 3 is 2.44 bits per heavy atom. The van der Waals surface area contributed by atoms with Crippen molar-refractivity contribution >= 4 is 0 Å². The molecule has 0 heterocycles. The minimum absolute atomic E-state index is 0.0125. The maximum atomic E-state index is 9.22. The molecule has 90 valence electrons. The van der Waals surface area contributed by atoms with Gasteiger partial charge in [-0.15, -0.1) is 0 Å². The second-order valence-corrected chi connectivity index (χ2v) is 3.91. The molecule has 4 heteroatoms. The molecular formula is C12H19NO3. The topological polar surface area (TPSA) is 50.7 Å². The minimum atomic E-state index is -0.444. The van der Waals surface area contributed by atoms with Crippen molar-refractivity contribution in [1.82, 2.24) is 5.32 Å². The molecule has 1 unspecified atom stereocenters. The van der Waals surface area contributed by atoms with Crippen LogP contribution in [0.3, 0.4) is 0 Å². The third kappa shape index (κ3) is 3.12. The van der Waals surface area contributed by atoms with Crippen molar-refractivity contribution in [1.29, 1.82) is 0 Å². The highest BCUT2D eigenvalue weighted by Crippen LogP contribution is 2.26. The highest BCUT2D eigenvalue weighted by molar-refractivity contribution is 5.39. The number of ether oxygens (including phenoxy) is 2. The monoisotopic (exact) mass is 225 g/mol. The summed E-state index contributed by atoms with van der Waals surface area (Å²) in [6.45, 7) is 2.28. The Balaban J connectivity index is 2.67. The molecule has 0 aliphatic rings. The van der Waals surface area contributed by atoms with Crippen molar-refractivity contribution < 1.29 is 14.6 Å². The molecule has 0 bridgehead atoms. The van der Waals surface area contributed by atoms with E-state index in [1.807, 2.05) is 31.2 Å². The lowest BCUT2D eigenvalue weighted by molar-refractivity contribution is 0.120. The minimum Gasteiger partial charge on any atom is -0.493 e. The number of aliphatic hydroxyl groups excluding tert-OH is 1. The zero-order valence-electron chi connectivity index (χ0n) is 9.99. The summed E-state index contributed by atoms with van der Waals surface area (Å²) in [5.74, 6) is 1.37. The largest absolute Gasteiger partial charge is 0.493 e. The Morgan fingerprint density at radius 2 is 1.94 bits per heavy atom. The summed E-state index contributed by atoms with van der Waals surface area (Å²) >= 11 is 0. The molecule has 0 saturated heterocycles. The SMILES string of the molecule is CNC(C)(CO)COc1ccccc1OC. The Morgan fingerprint density at radius 1 is 1.31 bits per heavy atom. The van der Waals surface area contributed by atoms with Crippen molar-refractivity contribution in [2.75, 3.05) is 27.4 Å². The molecule has 1 atom stereocenters. The Bertz CT molecular complexity index is 324. The fraction of sp³-hybridized carbons (Fsp3) is 0.500. The Kier molecular flexibility index (Phi) is 4.58. The average molecular weight is 225 g/mol. The molecule has 0 amide bonds. The van der Waals surface area contributed by atoms with Gasteiger partial charge >= 0.3 is 0 Å². The molecule has 0 aromatic heterocycles. The van der Waals surface area contributed by atoms with Gasteiger partial charge in [-0.05, 0) is 26.1 Å². The Labute approximate surface area is 96.2 Å². The van der Waals surface area contributed by atoms with Crippen LogP contribution in [-0.2, 0) is 0 Å². The van der Waals surface area contributed by atoms with E-state index in [2.05, 4.69) is 5.32 Å². The molecule has 1 rings (SSSR count). The van der Waals surface area contributed by atoms with E-state index in [9.17, 15) is 5.11 Å². The number of hydrogen-bond donors (Lipinski definition) is 2. The third-order valence-electron chi connectivity index (χ3n) is 2.57. The van der Waals surface area contributed by atoms with Crippen molar-refractivity contribution in [2.45, 2.75) is 12.5 Å². The molecule has 0 radical (unpaired) electrons. The molecule has 2 N–H and O–H groups in total. The predicted molar refractivity (Wildman–Crippen MR) is 63.0 cm³/mol. The second kappa shape index (κ2) is 5.72. The first-order valence-electron chi connectivity index (χ1n) is 5.21. The number of hydrogen-bond acceptors (Lipinski definition) is 4.